The maximum atomic E-state index is 12.7. The number of carbonyl (C=O) groups excluding carboxylic acids is 2. The Hall–Kier alpha value is -2.82. The summed E-state index contributed by atoms with van der Waals surface area (Å²) in [5.41, 5.74) is 2.36. The zero-order chi connectivity index (χ0) is 19.4. The fraction of sp³-hybridized carbons (Fsp3) is 0.364. The molecular formula is C22H26N2O3. The number of ether oxygens (including phenoxy) is 1. The number of likely N-dealkylation sites (tertiary alicyclic amines) is 1. The van der Waals surface area contributed by atoms with Crippen molar-refractivity contribution in [3.63, 3.8) is 0 Å². The molecule has 1 aliphatic rings. The number of benzene rings is 2. The van der Waals surface area contributed by atoms with Crippen molar-refractivity contribution in [3.8, 4) is 11.1 Å². The third kappa shape index (κ3) is 4.88. The Morgan fingerprint density at radius 3 is 2.26 bits per heavy atom. The molecule has 142 valence electrons. The summed E-state index contributed by atoms with van der Waals surface area (Å²) in [5, 5.41) is 2.92. The summed E-state index contributed by atoms with van der Waals surface area (Å²) in [6.07, 6.45) is 1.01. The lowest BCUT2D eigenvalue weighted by molar-refractivity contribution is -0.120. The summed E-state index contributed by atoms with van der Waals surface area (Å²) < 4.78 is 5.42. The van der Waals surface area contributed by atoms with Crippen molar-refractivity contribution in [3.05, 3.63) is 54.6 Å². The molecule has 0 aromatic heterocycles. The normalized spacial score (nSPS) is 16.9. The predicted octanol–water partition coefficient (Wildman–Crippen LogP) is 4.69. The second-order valence-electron chi connectivity index (χ2n) is 7.76. The van der Waals surface area contributed by atoms with Gasteiger partial charge < -0.3 is 10.1 Å². The van der Waals surface area contributed by atoms with Crippen LogP contribution >= 0.6 is 0 Å². The minimum atomic E-state index is -0.575. The third-order valence-corrected chi connectivity index (χ3v) is 4.44. The lowest BCUT2D eigenvalue weighted by Gasteiger charge is -2.28. The van der Waals surface area contributed by atoms with E-state index in [1.807, 2.05) is 75.4 Å². The molecule has 1 fully saturated rings. The largest absolute Gasteiger partial charge is 0.444 e. The molecule has 1 atom stereocenters. The van der Waals surface area contributed by atoms with E-state index in [0.29, 0.717) is 13.0 Å². The quantitative estimate of drug-likeness (QED) is 0.857. The zero-order valence-corrected chi connectivity index (χ0v) is 16.1. The standard InChI is InChI=1S/C22H26N2O3/c1-22(2,3)27-21(26)24-15-7-10-19(24)20(25)23-18-13-11-17(12-14-18)16-8-5-4-6-9-16/h4-6,8-9,11-14,19H,7,10,15H2,1-3H3,(H,23,25)/t19-/m1/s1. The van der Waals surface area contributed by atoms with Crippen LogP contribution in [0.4, 0.5) is 10.5 Å². The molecule has 2 amide bonds. The van der Waals surface area contributed by atoms with Gasteiger partial charge in [-0.3, -0.25) is 9.69 Å². The number of nitrogens with zero attached hydrogens (tertiary/aromatic N) is 1. The van der Waals surface area contributed by atoms with Gasteiger partial charge in [-0.2, -0.15) is 0 Å². The van der Waals surface area contributed by atoms with Crippen molar-refractivity contribution in [2.24, 2.45) is 0 Å². The summed E-state index contributed by atoms with van der Waals surface area (Å²) in [6, 6.07) is 17.3. The Morgan fingerprint density at radius 1 is 1.00 bits per heavy atom. The summed E-state index contributed by atoms with van der Waals surface area (Å²) in [6.45, 7) is 6.01. The SMILES string of the molecule is CC(C)(C)OC(=O)N1CCC[C@@H]1C(=O)Nc1ccc(-c2ccccc2)cc1. The maximum absolute atomic E-state index is 12.7. The summed E-state index contributed by atoms with van der Waals surface area (Å²) >= 11 is 0. The van der Waals surface area contributed by atoms with Crippen LogP contribution in [0.1, 0.15) is 33.6 Å². The van der Waals surface area contributed by atoms with E-state index in [2.05, 4.69) is 5.32 Å². The van der Waals surface area contributed by atoms with Gasteiger partial charge in [-0.25, -0.2) is 4.79 Å². The van der Waals surface area contributed by atoms with E-state index in [4.69, 9.17) is 4.74 Å². The fourth-order valence-electron chi connectivity index (χ4n) is 3.18. The van der Waals surface area contributed by atoms with Gasteiger partial charge in [-0.05, 0) is 56.9 Å². The molecule has 1 heterocycles. The minimum Gasteiger partial charge on any atom is -0.444 e. The first-order chi connectivity index (χ1) is 12.8. The Kier molecular flexibility index (Phi) is 5.49. The van der Waals surface area contributed by atoms with Crippen LogP contribution in [0.25, 0.3) is 11.1 Å². The number of nitrogens with one attached hydrogen (secondary N) is 1. The monoisotopic (exact) mass is 366 g/mol. The molecule has 3 rings (SSSR count). The van der Waals surface area contributed by atoms with Crippen LogP contribution in [0, 0.1) is 0 Å². The molecule has 0 spiro atoms. The second kappa shape index (κ2) is 7.82. The lowest BCUT2D eigenvalue weighted by atomic mass is 10.1. The fourth-order valence-corrected chi connectivity index (χ4v) is 3.18. The summed E-state index contributed by atoms with van der Waals surface area (Å²) in [5.74, 6) is -0.175. The van der Waals surface area contributed by atoms with E-state index in [1.54, 1.807) is 0 Å². The molecule has 27 heavy (non-hydrogen) atoms. The van der Waals surface area contributed by atoms with Crippen molar-refractivity contribution in [2.45, 2.75) is 45.3 Å². The molecule has 0 radical (unpaired) electrons. The first-order valence-electron chi connectivity index (χ1n) is 9.29. The molecule has 0 bridgehead atoms. The van der Waals surface area contributed by atoms with Crippen LogP contribution in [0.2, 0.25) is 0 Å². The highest BCUT2D eigenvalue weighted by Gasteiger charge is 2.36. The van der Waals surface area contributed by atoms with E-state index in [1.165, 1.54) is 4.90 Å². The van der Waals surface area contributed by atoms with E-state index >= 15 is 0 Å². The number of rotatable bonds is 3. The highest BCUT2D eigenvalue weighted by atomic mass is 16.6. The molecule has 1 saturated heterocycles. The molecule has 1 aliphatic heterocycles. The summed E-state index contributed by atoms with van der Waals surface area (Å²) in [4.78, 5) is 26.6. The first-order valence-corrected chi connectivity index (χ1v) is 9.29. The van der Waals surface area contributed by atoms with Crippen LogP contribution in [0.5, 0.6) is 0 Å². The maximum Gasteiger partial charge on any atom is 0.410 e. The Bertz CT molecular complexity index is 795. The molecule has 0 saturated carbocycles. The van der Waals surface area contributed by atoms with Gasteiger partial charge in [0.25, 0.3) is 0 Å². The van der Waals surface area contributed by atoms with Crippen molar-refractivity contribution in [2.75, 3.05) is 11.9 Å². The van der Waals surface area contributed by atoms with Crippen molar-refractivity contribution >= 4 is 17.7 Å². The average molecular weight is 366 g/mol. The highest BCUT2D eigenvalue weighted by Crippen LogP contribution is 2.24. The smallest absolute Gasteiger partial charge is 0.410 e. The second-order valence-corrected chi connectivity index (χ2v) is 7.76. The van der Waals surface area contributed by atoms with Gasteiger partial charge in [0.05, 0.1) is 0 Å². The number of hydrogen-bond acceptors (Lipinski definition) is 3. The minimum absolute atomic E-state index is 0.175. The van der Waals surface area contributed by atoms with Gasteiger partial charge in [-0.15, -0.1) is 0 Å². The number of amides is 2. The van der Waals surface area contributed by atoms with Gasteiger partial charge in [-0.1, -0.05) is 42.5 Å². The van der Waals surface area contributed by atoms with Gasteiger partial charge in [0, 0.05) is 12.2 Å². The zero-order valence-electron chi connectivity index (χ0n) is 16.1. The number of anilines is 1. The lowest BCUT2D eigenvalue weighted by Crippen LogP contribution is -2.45. The molecule has 2 aromatic carbocycles. The number of hydrogen-bond donors (Lipinski definition) is 1. The predicted molar refractivity (Wildman–Crippen MR) is 106 cm³/mol. The van der Waals surface area contributed by atoms with Crippen molar-refractivity contribution < 1.29 is 14.3 Å². The van der Waals surface area contributed by atoms with Gasteiger partial charge in [0.1, 0.15) is 11.6 Å². The van der Waals surface area contributed by atoms with Crippen LogP contribution in [0.3, 0.4) is 0 Å². The van der Waals surface area contributed by atoms with Crippen LogP contribution in [-0.2, 0) is 9.53 Å². The molecule has 5 nitrogen and oxygen atoms in total. The first kappa shape index (κ1) is 19.0. The van der Waals surface area contributed by atoms with E-state index in [-0.39, 0.29) is 5.91 Å². The molecule has 5 heteroatoms. The average Bonchev–Trinajstić information content (AvgIpc) is 3.12. The topological polar surface area (TPSA) is 58.6 Å². The van der Waals surface area contributed by atoms with Crippen LogP contribution in [-0.4, -0.2) is 35.1 Å². The van der Waals surface area contributed by atoms with Crippen molar-refractivity contribution in [1.29, 1.82) is 0 Å². The van der Waals surface area contributed by atoms with E-state index < -0.39 is 17.7 Å². The molecule has 2 aromatic rings. The molecule has 0 aliphatic carbocycles. The van der Waals surface area contributed by atoms with E-state index in [0.717, 1.165) is 23.2 Å². The van der Waals surface area contributed by atoms with Gasteiger partial charge in [0.15, 0.2) is 0 Å². The van der Waals surface area contributed by atoms with Gasteiger partial charge in [0.2, 0.25) is 5.91 Å². The Labute approximate surface area is 160 Å². The van der Waals surface area contributed by atoms with Crippen LogP contribution < -0.4 is 5.32 Å². The summed E-state index contributed by atoms with van der Waals surface area (Å²) in [7, 11) is 0. The Morgan fingerprint density at radius 2 is 1.63 bits per heavy atom. The van der Waals surface area contributed by atoms with Crippen molar-refractivity contribution in [1.82, 2.24) is 4.90 Å². The van der Waals surface area contributed by atoms with E-state index in [9.17, 15) is 9.59 Å². The molecular weight excluding hydrogens is 340 g/mol. The Balaban J connectivity index is 1.65. The molecule has 1 N–H and O–H groups in total. The number of carbonyl (C=O) groups is 2. The van der Waals surface area contributed by atoms with Crippen LogP contribution in [0.15, 0.2) is 54.6 Å². The highest BCUT2D eigenvalue weighted by molar-refractivity contribution is 5.97. The van der Waals surface area contributed by atoms with Gasteiger partial charge >= 0.3 is 6.09 Å². The third-order valence-electron chi connectivity index (χ3n) is 4.44. The molecule has 0 unspecified atom stereocenters.